The predicted octanol–water partition coefficient (Wildman–Crippen LogP) is 3.16. The van der Waals surface area contributed by atoms with Gasteiger partial charge in [0.25, 0.3) is 0 Å². The topological polar surface area (TPSA) is 40.5 Å². The zero-order chi connectivity index (χ0) is 15.6. The van der Waals surface area contributed by atoms with Crippen molar-refractivity contribution >= 4 is 12.0 Å². The molecule has 2 aliphatic rings. The van der Waals surface area contributed by atoms with Crippen molar-refractivity contribution in [3.8, 4) is 0 Å². The van der Waals surface area contributed by atoms with Crippen molar-refractivity contribution < 1.29 is 9.90 Å². The number of hydrogen-bond acceptors (Lipinski definition) is 2. The van der Waals surface area contributed by atoms with Gasteiger partial charge in [-0.2, -0.15) is 0 Å². The Morgan fingerprint density at radius 3 is 2.82 bits per heavy atom. The number of aryl methyl sites for hydroxylation is 1. The van der Waals surface area contributed by atoms with Gasteiger partial charge in [-0.1, -0.05) is 42.7 Å². The van der Waals surface area contributed by atoms with Crippen LogP contribution in [-0.2, 0) is 4.79 Å². The third-order valence-electron chi connectivity index (χ3n) is 5.24. The number of fused-ring (bicyclic) bond motifs is 1. The van der Waals surface area contributed by atoms with Crippen molar-refractivity contribution in [1.82, 2.24) is 4.90 Å². The summed E-state index contributed by atoms with van der Waals surface area (Å²) >= 11 is 0. The quantitative estimate of drug-likeness (QED) is 0.852. The second-order valence-electron chi connectivity index (χ2n) is 6.82. The number of amides is 1. The fourth-order valence-corrected chi connectivity index (χ4v) is 3.72. The summed E-state index contributed by atoms with van der Waals surface area (Å²) in [5.41, 5.74) is 1.75. The lowest BCUT2D eigenvalue weighted by Gasteiger charge is -2.47. The highest BCUT2D eigenvalue weighted by atomic mass is 16.3. The summed E-state index contributed by atoms with van der Waals surface area (Å²) < 4.78 is 0. The Balaban J connectivity index is 1.62. The highest BCUT2D eigenvalue weighted by molar-refractivity contribution is 5.91. The van der Waals surface area contributed by atoms with E-state index in [4.69, 9.17) is 0 Å². The van der Waals surface area contributed by atoms with Crippen LogP contribution in [0.3, 0.4) is 0 Å². The molecule has 1 amide bonds. The van der Waals surface area contributed by atoms with E-state index < -0.39 is 5.60 Å². The summed E-state index contributed by atoms with van der Waals surface area (Å²) in [6, 6.07) is 8.14. The van der Waals surface area contributed by atoms with Gasteiger partial charge in [0.1, 0.15) is 0 Å². The van der Waals surface area contributed by atoms with Crippen LogP contribution in [-0.4, -0.2) is 34.6 Å². The molecule has 3 rings (SSSR count). The number of benzene rings is 1. The van der Waals surface area contributed by atoms with E-state index in [1.165, 1.54) is 12.0 Å². The van der Waals surface area contributed by atoms with E-state index in [1.807, 2.05) is 35.2 Å². The lowest BCUT2D eigenvalue weighted by molar-refractivity contribution is -0.138. The van der Waals surface area contributed by atoms with Crippen molar-refractivity contribution in [2.24, 2.45) is 5.92 Å². The molecule has 1 N–H and O–H groups in total. The molecule has 118 valence electrons. The standard InChI is InChI=1S/C19H25NO2/c1-15-5-7-16(8-6-15)9-10-18(21)20-13-12-19(22)11-3-2-4-17(19)14-20/h5-10,17,22H,2-4,11-14H2,1H3/b10-9+/t17-,19-/m1/s1. The molecule has 2 atom stereocenters. The van der Waals surface area contributed by atoms with Crippen LogP contribution in [0.4, 0.5) is 0 Å². The van der Waals surface area contributed by atoms with Gasteiger partial charge >= 0.3 is 0 Å². The fraction of sp³-hybridized carbons (Fsp3) is 0.526. The molecule has 0 bridgehead atoms. The van der Waals surface area contributed by atoms with E-state index >= 15 is 0 Å². The smallest absolute Gasteiger partial charge is 0.246 e. The summed E-state index contributed by atoms with van der Waals surface area (Å²) in [5, 5.41) is 10.7. The Hall–Kier alpha value is -1.61. The van der Waals surface area contributed by atoms with Crippen LogP contribution >= 0.6 is 0 Å². The number of nitrogens with zero attached hydrogens (tertiary/aromatic N) is 1. The number of hydrogen-bond donors (Lipinski definition) is 1. The van der Waals surface area contributed by atoms with Crippen LogP contribution in [0.1, 0.15) is 43.2 Å². The zero-order valence-corrected chi connectivity index (χ0v) is 13.3. The van der Waals surface area contributed by atoms with Crippen molar-refractivity contribution in [2.75, 3.05) is 13.1 Å². The minimum absolute atomic E-state index is 0.0631. The van der Waals surface area contributed by atoms with Gasteiger partial charge in [-0.15, -0.1) is 0 Å². The average Bonchev–Trinajstić information content (AvgIpc) is 2.53. The number of likely N-dealkylation sites (tertiary alicyclic amines) is 1. The van der Waals surface area contributed by atoms with Crippen molar-refractivity contribution in [3.63, 3.8) is 0 Å². The Kier molecular flexibility index (Phi) is 4.34. The Bertz CT molecular complexity index is 563. The van der Waals surface area contributed by atoms with Crippen LogP contribution < -0.4 is 0 Å². The van der Waals surface area contributed by atoms with E-state index in [0.717, 1.165) is 31.2 Å². The Morgan fingerprint density at radius 1 is 1.27 bits per heavy atom. The first kappa shape index (κ1) is 15.3. The normalized spacial score (nSPS) is 28.6. The summed E-state index contributed by atoms with van der Waals surface area (Å²) in [6.07, 6.45) is 8.51. The second kappa shape index (κ2) is 6.25. The van der Waals surface area contributed by atoms with Gasteiger partial charge in [-0.05, 0) is 37.8 Å². The highest BCUT2D eigenvalue weighted by Gasteiger charge is 2.43. The van der Waals surface area contributed by atoms with Crippen LogP contribution in [0.5, 0.6) is 0 Å². The monoisotopic (exact) mass is 299 g/mol. The molecule has 1 saturated carbocycles. The molecule has 1 heterocycles. The molecule has 1 saturated heterocycles. The molecule has 0 aromatic heterocycles. The number of carbonyl (C=O) groups excluding carboxylic acids is 1. The summed E-state index contributed by atoms with van der Waals surface area (Å²) in [6.45, 7) is 3.43. The van der Waals surface area contributed by atoms with Gasteiger partial charge in [0.05, 0.1) is 5.60 Å². The highest BCUT2D eigenvalue weighted by Crippen LogP contribution is 2.39. The van der Waals surface area contributed by atoms with Gasteiger partial charge < -0.3 is 10.0 Å². The second-order valence-corrected chi connectivity index (χ2v) is 6.82. The van der Waals surface area contributed by atoms with Crippen LogP contribution in [0.15, 0.2) is 30.3 Å². The van der Waals surface area contributed by atoms with Crippen LogP contribution in [0.2, 0.25) is 0 Å². The lowest BCUT2D eigenvalue weighted by atomic mass is 9.71. The number of aliphatic hydroxyl groups is 1. The third-order valence-corrected chi connectivity index (χ3v) is 5.24. The van der Waals surface area contributed by atoms with Crippen molar-refractivity contribution in [1.29, 1.82) is 0 Å². The summed E-state index contributed by atoms with van der Waals surface area (Å²) in [7, 11) is 0. The Labute approximate surface area is 132 Å². The molecule has 0 radical (unpaired) electrons. The molecular weight excluding hydrogens is 274 g/mol. The van der Waals surface area contributed by atoms with Crippen molar-refractivity contribution in [3.05, 3.63) is 41.5 Å². The van der Waals surface area contributed by atoms with Gasteiger partial charge in [-0.3, -0.25) is 4.79 Å². The summed E-state index contributed by atoms with van der Waals surface area (Å²) in [5.74, 6) is 0.319. The Morgan fingerprint density at radius 2 is 2.05 bits per heavy atom. The number of rotatable bonds is 2. The first-order chi connectivity index (χ1) is 10.6. The lowest BCUT2D eigenvalue weighted by Crippen LogP contribution is -2.54. The molecule has 0 unspecified atom stereocenters. The number of carbonyl (C=O) groups is 1. The molecule has 1 aromatic rings. The molecular formula is C19H25NO2. The average molecular weight is 299 g/mol. The van der Waals surface area contributed by atoms with E-state index in [0.29, 0.717) is 13.1 Å². The SMILES string of the molecule is Cc1ccc(/C=C/C(=O)N2CC[C@]3(O)CCCC[C@@H]3C2)cc1. The predicted molar refractivity (Wildman–Crippen MR) is 88.3 cm³/mol. The third kappa shape index (κ3) is 3.25. The molecule has 2 fully saturated rings. The van der Waals surface area contributed by atoms with E-state index in [9.17, 15) is 9.90 Å². The first-order valence-corrected chi connectivity index (χ1v) is 8.33. The molecule has 3 heteroatoms. The minimum Gasteiger partial charge on any atom is -0.389 e. The largest absolute Gasteiger partial charge is 0.389 e. The maximum atomic E-state index is 12.4. The molecule has 1 aromatic carbocycles. The maximum Gasteiger partial charge on any atom is 0.246 e. The van der Waals surface area contributed by atoms with Gasteiger partial charge in [0, 0.05) is 25.1 Å². The summed E-state index contributed by atoms with van der Waals surface area (Å²) in [4.78, 5) is 14.3. The maximum absolute atomic E-state index is 12.4. The van der Waals surface area contributed by atoms with Gasteiger partial charge in [0.15, 0.2) is 0 Å². The van der Waals surface area contributed by atoms with Gasteiger partial charge in [0.2, 0.25) is 5.91 Å². The molecule has 0 spiro atoms. The van der Waals surface area contributed by atoms with E-state index in [-0.39, 0.29) is 11.8 Å². The first-order valence-electron chi connectivity index (χ1n) is 8.33. The fourth-order valence-electron chi connectivity index (χ4n) is 3.72. The minimum atomic E-state index is -0.518. The molecule has 1 aliphatic carbocycles. The molecule has 1 aliphatic heterocycles. The zero-order valence-electron chi connectivity index (χ0n) is 13.3. The van der Waals surface area contributed by atoms with Crippen LogP contribution in [0.25, 0.3) is 6.08 Å². The van der Waals surface area contributed by atoms with E-state index in [1.54, 1.807) is 6.08 Å². The van der Waals surface area contributed by atoms with E-state index in [2.05, 4.69) is 6.92 Å². The van der Waals surface area contributed by atoms with Crippen molar-refractivity contribution in [2.45, 2.75) is 44.6 Å². The molecule has 3 nitrogen and oxygen atoms in total. The van der Waals surface area contributed by atoms with Crippen LogP contribution in [0, 0.1) is 12.8 Å². The van der Waals surface area contributed by atoms with Gasteiger partial charge in [-0.25, -0.2) is 0 Å². The molecule has 22 heavy (non-hydrogen) atoms. The number of piperidine rings is 1.